The Kier molecular flexibility index (Phi) is 4.01. The van der Waals surface area contributed by atoms with Crippen LogP contribution in [-0.4, -0.2) is 0 Å². The second-order valence-electron chi connectivity index (χ2n) is 4.02. The summed E-state index contributed by atoms with van der Waals surface area (Å²) in [4.78, 5) is 0. The molecular formula is C13H20. The molecule has 0 spiro atoms. The average molecular weight is 176 g/mol. The molecule has 0 bridgehead atoms. The van der Waals surface area contributed by atoms with Crippen LogP contribution in [0.3, 0.4) is 0 Å². The van der Waals surface area contributed by atoms with Crippen molar-refractivity contribution in [3.05, 3.63) is 36.5 Å². The summed E-state index contributed by atoms with van der Waals surface area (Å²) in [6, 6.07) is 0. The summed E-state index contributed by atoms with van der Waals surface area (Å²) < 4.78 is 0. The lowest BCUT2D eigenvalue weighted by atomic mass is 9.92. The van der Waals surface area contributed by atoms with Gasteiger partial charge in [-0.1, -0.05) is 36.5 Å². The van der Waals surface area contributed by atoms with Crippen molar-refractivity contribution in [2.75, 3.05) is 0 Å². The number of allylic oxidation sites excluding steroid dienone is 4. The molecule has 1 aliphatic carbocycles. The fourth-order valence-corrected chi connectivity index (χ4v) is 2.02. The lowest BCUT2D eigenvalue weighted by Gasteiger charge is -2.13. The molecule has 0 aromatic heterocycles. The van der Waals surface area contributed by atoms with Gasteiger partial charge >= 0.3 is 0 Å². The predicted octanol–water partition coefficient (Wildman–Crippen LogP) is 4.26. The van der Waals surface area contributed by atoms with Crippen LogP contribution >= 0.6 is 0 Å². The van der Waals surface area contributed by atoms with Crippen molar-refractivity contribution in [2.24, 2.45) is 5.92 Å². The first-order valence-electron chi connectivity index (χ1n) is 5.20. The second-order valence-corrected chi connectivity index (χ2v) is 4.02. The van der Waals surface area contributed by atoms with Crippen LogP contribution in [-0.2, 0) is 0 Å². The van der Waals surface area contributed by atoms with Crippen LogP contribution in [0.15, 0.2) is 36.5 Å². The Morgan fingerprint density at radius 1 is 1.38 bits per heavy atom. The second kappa shape index (κ2) is 5.06. The van der Waals surface area contributed by atoms with Gasteiger partial charge in [0.25, 0.3) is 0 Å². The van der Waals surface area contributed by atoms with E-state index in [0.29, 0.717) is 0 Å². The standard InChI is InChI=1S/C13H20/c1-4-6-12(3)13-8-5-7-11(2)9-10-13/h4,6,13H,1-2,5,7-10H2,3H3/b12-6+/t13-/m1/s1. The van der Waals surface area contributed by atoms with Crippen LogP contribution in [0.2, 0.25) is 0 Å². The van der Waals surface area contributed by atoms with Gasteiger partial charge in [-0.2, -0.15) is 0 Å². The van der Waals surface area contributed by atoms with Gasteiger partial charge in [0.05, 0.1) is 0 Å². The molecule has 0 nitrogen and oxygen atoms in total. The highest BCUT2D eigenvalue weighted by atomic mass is 14.2. The molecule has 1 rings (SSSR count). The molecule has 0 unspecified atom stereocenters. The Hall–Kier alpha value is -0.780. The van der Waals surface area contributed by atoms with E-state index in [0.717, 1.165) is 5.92 Å². The van der Waals surface area contributed by atoms with Crippen LogP contribution in [0.1, 0.15) is 39.0 Å². The van der Waals surface area contributed by atoms with Crippen LogP contribution in [0.25, 0.3) is 0 Å². The molecule has 1 saturated carbocycles. The highest BCUT2D eigenvalue weighted by Gasteiger charge is 2.14. The fourth-order valence-electron chi connectivity index (χ4n) is 2.02. The molecule has 0 radical (unpaired) electrons. The zero-order valence-electron chi connectivity index (χ0n) is 8.68. The Labute approximate surface area is 82.0 Å². The molecule has 0 saturated heterocycles. The Bertz CT molecular complexity index is 220. The van der Waals surface area contributed by atoms with Gasteiger partial charge < -0.3 is 0 Å². The van der Waals surface area contributed by atoms with E-state index >= 15 is 0 Å². The maximum absolute atomic E-state index is 4.07. The number of hydrogen-bond acceptors (Lipinski definition) is 0. The largest absolute Gasteiger partial charge is 0.0999 e. The van der Waals surface area contributed by atoms with E-state index in [2.05, 4.69) is 26.2 Å². The summed E-state index contributed by atoms with van der Waals surface area (Å²) >= 11 is 0. The van der Waals surface area contributed by atoms with Crippen molar-refractivity contribution in [3.8, 4) is 0 Å². The highest BCUT2D eigenvalue weighted by Crippen LogP contribution is 2.30. The molecule has 1 fully saturated rings. The quantitative estimate of drug-likeness (QED) is 0.335. The highest BCUT2D eigenvalue weighted by molar-refractivity contribution is 5.12. The fraction of sp³-hybridized carbons (Fsp3) is 0.538. The van der Waals surface area contributed by atoms with Crippen molar-refractivity contribution in [1.82, 2.24) is 0 Å². The summed E-state index contributed by atoms with van der Waals surface area (Å²) in [5.74, 6) is 0.775. The van der Waals surface area contributed by atoms with Gasteiger partial charge in [0.15, 0.2) is 0 Å². The monoisotopic (exact) mass is 176 g/mol. The minimum absolute atomic E-state index is 0.775. The number of hydrogen-bond donors (Lipinski definition) is 0. The first-order chi connectivity index (χ1) is 6.24. The Balaban J connectivity index is 2.55. The summed E-state index contributed by atoms with van der Waals surface area (Å²) in [6.45, 7) is 10.0. The third kappa shape index (κ3) is 3.22. The molecule has 0 amide bonds. The molecule has 0 N–H and O–H groups in total. The SMILES string of the molecule is C=C/C=C(\C)[C@@H]1CCCC(=C)CC1. The van der Waals surface area contributed by atoms with E-state index in [-0.39, 0.29) is 0 Å². The summed E-state index contributed by atoms with van der Waals surface area (Å²) in [5.41, 5.74) is 2.93. The maximum atomic E-state index is 4.07. The van der Waals surface area contributed by atoms with Crippen molar-refractivity contribution in [2.45, 2.75) is 39.0 Å². The van der Waals surface area contributed by atoms with Gasteiger partial charge in [-0.15, -0.1) is 0 Å². The molecule has 0 heterocycles. The average Bonchev–Trinajstić information content (AvgIpc) is 2.30. The Morgan fingerprint density at radius 3 is 2.85 bits per heavy atom. The lowest BCUT2D eigenvalue weighted by Crippen LogP contribution is -1.99. The van der Waals surface area contributed by atoms with Crippen molar-refractivity contribution in [3.63, 3.8) is 0 Å². The predicted molar refractivity (Wildman–Crippen MR) is 59.7 cm³/mol. The van der Waals surface area contributed by atoms with E-state index in [1.54, 1.807) is 0 Å². The van der Waals surface area contributed by atoms with E-state index < -0.39 is 0 Å². The maximum Gasteiger partial charge on any atom is -0.0200 e. The van der Waals surface area contributed by atoms with Crippen LogP contribution in [0, 0.1) is 5.92 Å². The third-order valence-electron chi connectivity index (χ3n) is 2.95. The Morgan fingerprint density at radius 2 is 2.15 bits per heavy atom. The molecule has 0 aromatic rings. The first kappa shape index (κ1) is 10.3. The summed E-state index contributed by atoms with van der Waals surface area (Å²) in [6.07, 6.45) is 10.4. The van der Waals surface area contributed by atoms with Crippen molar-refractivity contribution in [1.29, 1.82) is 0 Å². The van der Waals surface area contributed by atoms with Gasteiger partial charge in [0.1, 0.15) is 0 Å². The van der Waals surface area contributed by atoms with E-state index in [1.165, 1.54) is 43.3 Å². The van der Waals surface area contributed by atoms with Gasteiger partial charge in [-0.3, -0.25) is 0 Å². The molecule has 1 aliphatic rings. The molecule has 0 aromatic carbocycles. The summed E-state index contributed by atoms with van der Waals surface area (Å²) in [7, 11) is 0. The van der Waals surface area contributed by atoms with Gasteiger partial charge in [0.2, 0.25) is 0 Å². The molecule has 72 valence electrons. The molecule has 0 heteroatoms. The van der Waals surface area contributed by atoms with Gasteiger partial charge in [0, 0.05) is 0 Å². The lowest BCUT2D eigenvalue weighted by molar-refractivity contribution is 0.533. The molecule has 0 aliphatic heterocycles. The minimum Gasteiger partial charge on any atom is -0.0999 e. The smallest absolute Gasteiger partial charge is 0.0200 e. The van der Waals surface area contributed by atoms with E-state index in [9.17, 15) is 0 Å². The minimum atomic E-state index is 0.775. The van der Waals surface area contributed by atoms with Gasteiger partial charge in [-0.25, -0.2) is 0 Å². The zero-order valence-corrected chi connectivity index (χ0v) is 8.68. The van der Waals surface area contributed by atoms with E-state index in [4.69, 9.17) is 0 Å². The molecule has 1 atom stereocenters. The molecular weight excluding hydrogens is 156 g/mol. The van der Waals surface area contributed by atoms with Gasteiger partial charge in [-0.05, 0) is 44.9 Å². The molecule has 13 heavy (non-hydrogen) atoms. The van der Waals surface area contributed by atoms with Crippen LogP contribution in [0.5, 0.6) is 0 Å². The zero-order chi connectivity index (χ0) is 9.68. The summed E-state index contributed by atoms with van der Waals surface area (Å²) in [5, 5.41) is 0. The van der Waals surface area contributed by atoms with Crippen molar-refractivity contribution >= 4 is 0 Å². The normalized spacial score (nSPS) is 25.5. The number of rotatable bonds is 2. The first-order valence-corrected chi connectivity index (χ1v) is 5.20. The van der Waals surface area contributed by atoms with Crippen LogP contribution < -0.4 is 0 Å². The van der Waals surface area contributed by atoms with Crippen LogP contribution in [0.4, 0.5) is 0 Å². The van der Waals surface area contributed by atoms with Crippen molar-refractivity contribution < 1.29 is 0 Å². The third-order valence-corrected chi connectivity index (χ3v) is 2.95. The topological polar surface area (TPSA) is 0 Å². The van der Waals surface area contributed by atoms with E-state index in [1.807, 2.05) is 6.08 Å².